The number of methoxy groups -OCH3 is 2. The van der Waals surface area contributed by atoms with E-state index in [2.05, 4.69) is 0 Å². The Hall–Kier alpha value is -1.98. The van der Waals surface area contributed by atoms with Crippen molar-refractivity contribution < 1.29 is 42.7 Å². The molecule has 0 bridgehead atoms. The summed E-state index contributed by atoms with van der Waals surface area (Å²) in [5.41, 5.74) is 2.59. The molecule has 1 heterocycles. The summed E-state index contributed by atoms with van der Waals surface area (Å²) < 4.78 is 53.2. The van der Waals surface area contributed by atoms with Crippen molar-refractivity contribution in [3.63, 3.8) is 0 Å². The van der Waals surface area contributed by atoms with Crippen LogP contribution in [0.25, 0.3) is 0 Å². The van der Waals surface area contributed by atoms with Crippen LogP contribution in [0.1, 0.15) is 49.1 Å². The second kappa shape index (κ2) is 13.7. The molecule has 1 N–H and O–H groups in total. The normalized spacial score (nSPS) is 17.7. The minimum Gasteiger partial charge on any atom is -0.467 e. The third-order valence-corrected chi connectivity index (χ3v) is 6.22. The average molecular weight is 543 g/mol. The summed E-state index contributed by atoms with van der Waals surface area (Å²) in [7, 11) is 3.04. The number of halogens is 2. The lowest BCUT2D eigenvalue weighted by atomic mass is 9.89. The quantitative estimate of drug-likeness (QED) is 0.269. The van der Waals surface area contributed by atoms with Crippen LogP contribution in [-0.2, 0) is 36.5 Å². The largest absolute Gasteiger partial charge is 0.467 e. The molecule has 0 spiro atoms. The van der Waals surface area contributed by atoms with Crippen molar-refractivity contribution in [2.45, 2.75) is 51.6 Å². The maximum Gasteiger partial charge on any atom is 0.188 e. The number of hydrogen-bond acceptors (Lipinski definition) is 8. The molecule has 1 saturated heterocycles. The lowest BCUT2D eigenvalue weighted by Gasteiger charge is -2.25. The van der Waals surface area contributed by atoms with Crippen molar-refractivity contribution in [1.82, 2.24) is 0 Å². The molecular weight excluding hydrogens is 507 g/mol. The van der Waals surface area contributed by atoms with Crippen LogP contribution in [0.15, 0.2) is 24.3 Å². The van der Waals surface area contributed by atoms with Crippen LogP contribution in [0, 0.1) is 5.82 Å². The Labute approximate surface area is 222 Å². The van der Waals surface area contributed by atoms with Crippen molar-refractivity contribution in [2.75, 3.05) is 47.6 Å². The van der Waals surface area contributed by atoms with Crippen molar-refractivity contribution in [3.8, 4) is 11.5 Å². The highest BCUT2D eigenvalue weighted by Gasteiger charge is 2.33. The highest BCUT2D eigenvalue weighted by Crippen LogP contribution is 2.41. The van der Waals surface area contributed by atoms with Crippen molar-refractivity contribution >= 4 is 11.6 Å². The SMILES string of the molecule is CCc1c(OCOC)cc(OCOC)c(C(O)c2ccc(F)c(Cl)c2)c1CCOCC1COC(C)(C)O1. The standard InChI is InChI=1S/C27H36ClFO8/c1-6-19-20(9-10-33-13-18-14-36-27(2,3)37-18)25(26(30)17-7-8-22(29)21(28)11-17)24(35-16-32-5)12-23(19)34-15-31-4/h7-8,11-12,18,26,30H,6,9-10,13-16H2,1-5H3. The highest BCUT2D eigenvalue weighted by molar-refractivity contribution is 6.30. The fourth-order valence-electron chi connectivity index (χ4n) is 4.29. The Morgan fingerprint density at radius 3 is 2.41 bits per heavy atom. The van der Waals surface area contributed by atoms with E-state index in [9.17, 15) is 9.50 Å². The zero-order chi connectivity index (χ0) is 27.0. The summed E-state index contributed by atoms with van der Waals surface area (Å²) in [5, 5.41) is 11.4. The summed E-state index contributed by atoms with van der Waals surface area (Å²) in [6.45, 7) is 6.87. The number of ether oxygens (including phenoxy) is 7. The molecule has 10 heteroatoms. The van der Waals surface area contributed by atoms with Crippen molar-refractivity contribution in [1.29, 1.82) is 0 Å². The van der Waals surface area contributed by atoms with Gasteiger partial charge in [-0.05, 0) is 55.5 Å². The van der Waals surface area contributed by atoms with Crippen LogP contribution in [-0.4, -0.2) is 64.6 Å². The van der Waals surface area contributed by atoms with Gasteiger partial charge in [-0.1, -0.05) is 24.6 Å². The first-order valence-electron chi connectivity index (χ1n) is 12.1. The van der Waals surface area contributed by atoms with Gasteiger partial charge < -0.3 is 38.3 Å². The van der Waals surface area contributed by atoms with Crippen molar-refractivity contribution in [2.24, 2.45) is 0 Å². The summed E-state index contributed by atoms with van der Waals surface area (Å²) >= 11 is 6.02. The molecule has 0 radical (unpaired) electrons. The number of rotatable bonds is 14. The Balaban J connectivity index is 1.97. The van der Waals surface area contributed by atoms with E-state index < -0.39 is 17.7 Å². The van der Waals surface area contributed by atoms with Gasteiger partial charge in [-0.15, -0.1) is 0 Å². The van der Waals surface area contributed by atoms with Gasteiger partial charge in [-0.3, -0.25) is 0 Å². The van der Waals surface area contributed by atoms with Crippen molar-refractivity contribution in [3.05, 3.63) is 57.4 Å². The summed E-state index contributed by atoms with van der Waals surface area (Å²) in [5.74, 6) is -0.270. The van der Waals surface area contributed by atoms with Gasteiger partial charge in [0.1, 0.15) is 29.5 Å². The number of benzene rings is 2. The third kappa shape index (κ3) is 7.77. The molecule has 1 aliphatic heterocycles. The second-order valence-corrected chi connectivity index (χ2v) is 9.46. The first kappa shape index (κ1) is 29.6. The minimum absolute atomic E-state index is 0.0386. The van der Waals surface area contributed by atoms with E-state index >= 15 is 0 Å². The van der Waals surface area contributed by atoms with Crippen LogP contribution >= 0.6 is 11.6 Å². The summed E-state index contributed by atoms with van der Waals surface area (Å²) in [6, 6.07) is 5.83. The van der Waals surface area contributed by atoms with Crippen LogP contribution in [0.5, 0.6) is 11.5 Å². The Kier molecular flexibility index (Phi) is 11.0. The van der Waals surface area contributed by atoms with E-state index in [-0.39, 0.29) is 24.7 Å². The molecule has 1 aliphatic rings. The van der Waals surface area contributed by atoms with E-state index in [1.165, 1.54) is 32.4 Å². The first-order chi connectivity index (χ1) is 17.7. The van der Waals surface area contributed by atoms with Crippen LogP contribution in [0.2, 0.25) is 5.02 Å². The first-order valence-corrected chi connectivity index (χ1v) is 12.5. The topological polar surface area (TPSA) is 84.8 Å². The third-order valence-electron chi connectivity index (χ3n) is 5.93. The van der Waals surface area contributed by atoms with E-state index in [1.54, 1.807) is 6.07 Å². The highest BCUT2D eigenvalue weighted by atomic mass is 35.5. The lowest BCUT2D eigenvalue weighted by Crippen LogP contribution is -2.24. The predicted molar refractivity (Wildman–Crippen MR) is 136 cm³/mol. The van der Waals surface area contributed by atoms with Gasteiger partial charge in [0.2, 0.25) is 0 Å². The van der Waals surface area contributed by atoms with Gasteiger partial charge in [-0.2, -0.15) is 0 Å². The van der Waals surface area contributed by atoms with Crippen LogP contribution in [0.3, 0.4) is 0 Å². The molecule has 37 heavy (non-hydrogen) atoms. The van der Waals surface area contributed by atoms with Crippen LogP contribution in [0.4, 0.5) is 4.39 Å². The molecule has 2 unspecified atom stereocenters. The molecule has 3 rings (SSSR count). The van der Waals surface area contributed by atoms with E-state index in [4.69, 9.17) is 44.8 Å². The molecule has 0 aliphatic carbocycles. The molecule has 0 amide bonds. The van der Waals surface area contributed by atoms with Gasteiger partial charge in [0, 0.05) is 25.8 Å². The molecule has 2 aromatic carbocycles. The Bertz CT molecular complexity index is 1030. The van der Waals surface area contributed by atoms with Gasteiger partial charge in [0.25, 0.3) is 0 Å². The molecule has 206 valence electrons. The molecule has 8 nitrogen and oxygen atoms in total. The lowest BCUT2D eigenvalue weighted by molar-refractivity contribution is -0.144. The van der Waals surface area contributed by atoms with Gasteiger partial charge in [0.15, 0.2) is 19.4 Å². The van der Waals surface area contributed by atoms with Gasteiger partial charge >= 0.3 is 0 Å². The fraction of sp³-hybridized carbons (Fsp3) is 0.556. The summed E-state index contributed by atoms with van der Waals surface area (Å²) in [4.78, 5) is 0. The molecule has 2 atom stereocenters. The fourth-order valence-corrected chi connectivity index (χ4v) is 4.48. The van der Waals surface area contributed by atoms with E-state index in [0.29, 0.717) is 55.3 Å². The molecular formula is C27H36ClFO8. The number of aliphatic hydroxyl groups excluding tert-OH is 1. The van der Waals surface area contributed by atoms with Gasteiger partial charge in [-0.25, -0.2) is 4.39 Å². The van der Waals surface area contributed by atoms with Gasteiger partial charge in [0.05, 0.1) is 24.8 Å². The summed E-state index contributed by atoms with van der Waals surface area (Å²) in [6.07, 6.45) is -0.274. The maximum atomic E-state index is 13.8. The average Bonchev–Trinajstić information content (AvgIpc) is 3.23. The Morgan fingerprint density at radius 1 is 1.11 bits per heavy atom. The minimum atomic E-state index is -1.16. The van der Waals surface area contributed by atoms with E-state index in [0.717, 1.165) is 11.1 Å². The predicted octanol–water partition coefficient (Wildman–Crippen LogP) is 4.80. The number of aliphatic hydroxyl groups is 1. The molecule has 1 fully saturated rings. The monoisotopic (exact) mass is 542 g/mol. The zero-order valence-electron chi connectivity index (χ0n) is 22.0. The maximum absolute atomic E-state index is 13.8. The second-order valence-electron chi connectivity index (χ2n) is 9.05. The molecule has 2 aromatic rings. The van der Waals surface area contributed by atoms with E-state index in [1.807, 2.05) is 20.8 Å². The zero-order valence-corrected chi connectivity index (χ0v) is 22.7. The smallest absolute Gasteiger partial charge is 0.188 e. The molecule has 0 aromatic heterocycles. The molecule has 0 saturated carbocycles. The number of hydrogen-bond donors (Lipinski definition) is 1. The van der Waals surface area contributed by atoms with Crippen LogP contribution < -0.4 is 9.47 Å². The Morgan fingerprint density at radius 2 is 1.81 bits per heavy atom.